The molecular formula is C25H28FNO2. The number of benzene rings is 1. The predicted molar refractivity (Wildman–Crippen MR) is 112 cm³/mol. The Morgan fingerprint density at radius 1 is 1.21 bits per heavy atom. The van der Waals surface area contributed by atoms with Gasteiger partial charge in [0.2, 0.25) is 0 Å². The summed E-state index contributed by atoms with van der Waals surface area (Å²) in [5.41, 5.74) is 2.63. The summed E-state index contributed by atoms with van der Waals surface area (Å²) in [6.07, 6.45) is 12.5. The second kappa shape index (κ2) is 8.89. The van der Waals surface area contributed by atoms with E-state index in [9.17, 15) is 9.18 Å². The Bertz CT molecular complexity index is 877. The maximum atomic E-state index is 13.4. The van der Waals surface area contributed by atoms with Crippen LogP contribution in [0.5, 0.6) is 0 Å². The second-order valence-electron chi connectivity index (χ2n) is 8.43. The lowest BCUT2D eigenvalue weighted by Crippen LogP contribution is -2.21. The van der Waals surface area contributed by atoms with Gasteiger partial charge in [0.1, 0.15) is 5.82 Å². The molecule has 2 aliphatic rings. The summed E-state index contributed by atoms with van der Waals surface area (Å²) in [4.78, 5) is 15.9. The third-order valence-corrected chi connectivity index (χ3v) is 6.55. The maximum absolute atomic E-state index is 13.4. The number of halogens is 1. The van der Waals surface area contributed by atoms with Crippen LogP contribution in [-0.4, -0.2) is 17.6 Å². The van der Waals surface area contributed by atoms with Crippen molar-refractivity contribution in [3.05, 3.63) is 60.2 Å². The maximum Gasteiger partial charge on any atom is 0.302 e. The number of fused-ring (bicyclic) bond motifs is 1. The highest BCUT2D eigenvalue weighted by Crippen LogP contribution is 2.49. The monoisotopic (exact) mass is 393 g/mol. The Kier molecular flexibility index (Phi) is 6.08. The first-order valence-electron chi connectivity index (χ1n) is 10.6. The fourth-order valence-electron chi connectivity index (χ4n) is 5.19. The SMILES string of the molecule is CC(=O)OC[C@H]1C[C@H]2CCCC[C@H]2[C@@H]1/C=C/c1ccc(-c2cccc(F)c2)cn1. The summed E-state index contributed by atoms with van der Waals surface area (Å²) < 4.78 is 18.8. The first-order valence-corrected chi connectivity index (χ1v) is 10.6. The highest BCUT2D eigenvalue weighted by atomic mass is 19.1. The molecule has 4 atom stereocenters. The zero-order valence-corrected chi connectivity index (χ0v) is 16.9. The third-order valence-electron chi connectivity index (χ3n) is 6.55. The van der Waals surface area contributed by atoms with E-state index in [0.29, 0.717) is 24.4 Å². The van der Waals surface area contributed by atoms with Gasteiger partial charge in [-0.05, 0) is 66.4 Å². The lowest BCUT2D eigenvalue weighted by molar-refractivity contribution is -0.142. The lowest BCUT2D eigenvalue weighted by atomic mass is 9.77. The van der Waals surface area contributed by atoms with E-state index in [0.717, 1.165) is 29.2 Å². The van der Waals surface area contributed by atoms with Gasteiger partial charge >= 0.3 is 5.97 Å². The van der Waals surface area contributed by atoms with Gasteiger partial charge in [-0.15, -0.1) is 0 Å². The minimum Gasteiger partial charge on any atom is -0.466 e. The summed E-state index contributed by atoms with van der Waals surface area (Å²) in [7, 11) is 0. The number of nitrogens with zero attached hydrogens (tertiary/aromatic N) is 1. The average molecular weight is 394 g/mol. The molecule has 4 rings (SSSR count). The number of aromatic nitrogens is 1. The zero-order chi connectivity index (χ0) is 20.2. The normalized spacial score (nSPS) is 26.4. The van der Waals surface area contributed by atoms with E-state index in [4.69, 9.17) is 4.74 Å². The van der Waals surface area contributed by atoms with Crippen LogP contribution < -0.4 is 0 Å². The molecule has 0 saturated heterocycles. The third kappa shape index (κ3) is 4.75. The average Bonchev–Trinajstić information content (AvgIpc) is 3.08. The largest absolute Gasteiger partial charge is 0.466 e. The number of hydrogen-bond acceptors (Lipinski definition) is 3. The van der Waals surface area contributed by atoms with Crippen molar-refractivity contribution in [2.24, 2.45) is 23.7 Å². The number of esters is 1. The van der Waals surface area contributed by atoms with Gasteiger partial charge < -0.3 is 4.74 Å². The van der Waals surface area contributed by atoms with Gasteiger partial charge in [0.25, 0.3) is 0 Å². The van der Waals surface area contributed by atoms with E-state index in [1.54, 1.807) is 12.3 Å². The molecule has 0 radical (unpaired) electrons. The van der Waals surface area contributed by atoms with Gasteiger partial charge in [-0.2, -0.15) is 0 Å². The minimum absolute atomic E-state index is 0.197. The number of hydrogen-bond donors (Lipinski definition) is 0. The van der Waals surface area contributed by atoms with E-state index >= 15 is 0 Å². The Hall–Kier alpha value is -2.49. The number of ether oxygens (including phenoxy) is 1. The lowest BCUT2D eigenvalue weighted by Gasteiger charge is -2.28. The van der Waals surface area contributed by atoms with Gasteiger partial charge in [-0.3, -0.25) is 9.78 Å². The minimum atomic E-state index is -0.242. The van der Waals surface area contributed by atoms with Gasteiger partial charge in [-0.25, -0.2) is 4.39 Å². The number of carbonyl (C=O) groups is 1. The van der Waals surface area contributed by atoms with Crippen molar-refractivity contribution in [3.8, 4) is 11.1 Å². The van der Waals surface area contributed by atoms with Crippen LogP contribution in [0.3, 0.4) is 0 Å². The fraction of sp³-hybridized carbons (Fsp3) is 0.440. The molecule has 152 valence electrons. The van der Waals surface area contributed by atoms with Crippen LogP contribution in [-0.2, 0) is 9.53 Å². The van der Waals surface area contributed by atoms with E-state index in [-0.39, 0.29) is 11.8 Å². The van der Waals surface area contributed by atoms with Crippen LogP contribution in [0.15, 0.2) is 48.7 Å². The molecule has 29 heavy (non-hydrogen) atoms. The van der Waals surface area contributed by atoms with Crippen molar-refractivity contribution >= 4 is 12.0 Å². The van der Waals surface area contributed by atoms with Crippen LogP contribution in [0.25, 0.3) is 17.2 Å². The molecule has 4 heteroatoms. The predicted octanol–water partition coefficient (Wildman–Crippen LogP) is 5.91. The van der Waals surface area contributed by atoms with Crippen LogP contribution in [0.4, 0.5) is 4.39 Å². The van der Waals surface area contributed by atoms with Gasteiger partial charge in [0, 0.05) is 18.7 Å². The smallest absolute Gasteiger partial charge is 0.302 e. The van der Waals surface area contributed by atoms with E-state index in [1.165, 1.54) is 44.7 Å². The van der Waals surface area contributed by atoms with E-state index < -0.39 is 0 Å². The molecule has 0 spiro atoms. The first-order chi connectivity index (χ1) is 14.1. The van der Waals surface area contributed by atoms with Gasteiger partial charge in [-0.1, -0.05) is 43.5 Å². The fourth-order valence-corrected chi connectivity index (χ4v) is 5.19. The number of rotatable bonds is 5. The van der Waals surface area contributed by atoms with Gasteiger partial charge in [0.05, 0.1) is 12.3 Å². The second-order valence-corrected chi connectivity index (χ2v) is 8.43. The molecule has 1 heterocycles. The molecule has 3 nitrogen and oxygen atoms in total. The first kappa shape index (κ1) is 19.8. The highest BCUT2D eigenvalue weighted by Gasteiger charge is 2.42. The molecule has 0 amide bonds. The van der Waals surface area contributed by atoms with Crippen molar-refractivity contribution in [3.63, 3.8) is 0 Å². The molecule has 0 unspecified atom stereocenters. The number of allylic oxidation sites excluding steroid dienone is 1. The Balaban J connectivity index is 1.48. The molecule has 0 aliphatic heterocycles. The molecule has 1 aromatic carbocycles. The summed E-state index contributed by atoms with van der Waals surface area (Å²) in [6.45, 7) is 2.00. The van der Waals surface area contributed by atoms with Crippen molar-refractivity contribution in [2.45, 2.75) is 39.0 Å². The molecule has 2 aromatic rings. The molecular weight excluding hydrogens is 365 g/mol. The summed E-state index contributed by atoms with van der Waals surface area (Å²) in [5.74, 6) is 1.83. The van der Waals surface area contributed by atoms with Crippen molar-refractivity contribution in [1.82, 2.24) is 4.98 Å². The highest BCUT2D eigenvalue weighted by molar-refractivity contribution is 5.66. The van der Waals surface area contributed by atoms with Crippen LogP contribution in [0.2, 0.25) is 0 Å². The number of pyridine rings is 1. The molecule has 0 bridgehead atoms. The Morgan fingerprint density at radius 2 is 2.07 bits per heavy atom. The molecule has 2 fully saturated rings. The van der Waals surface area contributed by atoms with Gasteiger partial charge in [0.15, 0.2) is 0 Å². The Morgan fingerprint density at radius 3 is 2.83 bits per heavy atom. The van der Waals surface area contributed by atoms with Crippen molar-refractivity contribution < 1.29 is 13.9 Å². The summed E-state index contributed by atoms with van der Waals surface area (Å²) >= 11 is 0. The van der Waals surface area contributed by atoms with Crippen LogP contribution in [0.1, 0.15) is 44.7 Å². The molecule has 0 N–H and O–H groups in total. The topological polar surface area (TPSA) is 39.2 Å². The quantitative estimate of drug-likeness (QED) is 0.593. The summed E-state index contributed by atoms with van der Waals surface area (Å²) in [5, 5.41) is 0. The standard InChI is InChI=1S/C25H28FNO2/c1-17(28)29-16-21-13-19-5-2-3-8-24(19)25(21)12-11-23-10-9-20(15-27-23)18-6-4-7-22(26)14-18/h4,6-7,9-12,14-15,19,21,24-25H,2-3,5,8,13,16H2,1H3/b12-11+/t19-,21-,24-,25-/m1/s1. The summed E-state index contributed by atoms with van der Waals surface area (Å²) in [6, 6.07) is 10.5. The van der Waals surface area contributed by atoms with Crippen LogP contribution in [0, 0.1) is 29.5 Å². The van der Waals surface area contributed by atoms with E-state index in [1.807, 2.05) is 18.2 Å². The van der Waals surface area contributed by atoms with Crippen molar-refractivity contribution in [2.75, 3.05) is 6.61 Å². The number of carbonyl (C=O) groups excluding carboxylic acids is 1. The molecule has 1 aromatic heterocycles. The molecule has 2 saturated carbocycles. The Labute approximate surface area is 172 Å². The van der Waals surface area contributed by atoms with Crippen LogP contribution >= 0.6 is 0 Å². The zero-order valence-electron chi connectivity index (χ0n) is 16.9. The molecule has 2 aliphatic carbocycles. The van der Waals surface area contributed by atoms with E-state index in [2.05, 4.69) is 17.1 Å². The van der Waals surface area contributed by atoms with Crippen molar-refractivity contribution in [1.29, 1.82) is 0 Å².